The van der Waals surface area contributed by atoms with E-state index in [1.54, 1.807) is 28.6 Å². The molecule has 1 atom stereocenters. The van der Waals surface area contributed by atoms with Gasteiger partial charge in [0.25, 0.3) is 5.91 Å². The molecule has 1 aromatic carbocycles. The van der Waals surface area contributed by atoms with Gasteiger partial charge in [0.2, 0.25) is 10.0 Å². The Morgan fingerprint density at radius 2 is 1.88 bits per heavy atom. The van der Waals surface area contributed by atoms with E-state index in [9.17, 15) is 13.2 Å². The SMILES string of the molecule is CCC[C@@H](C)NC(=O)COc1ccc(S(=O)(=O)N2CCC(C)CC2)cc1. The van der Waals surface area contributed by atoms with E-state index in [-0.39, 0.29) is 23.5 Å². The fraction of sp³-hybridized carbons (Fsp3) is 0.632. The third-order valence-corrected chi connectivity index (χ3v) is 6.62. The van der Waals surface area contributed by atoms with Crippen LogP contribution in [-0.2, 0) is 14.8 Å². The molecule has 1 aliphatic heterocycles. The minimum atomic E-state index is -3.46. The molecule has 1 amide bonds. The summed E-state index contributed by atoms with van der Waals surface area (Å²) in [7, 11) is -3.46. The number of ether oxygens (including phenoxy) is 1. The van der Waals surface area contributed by atoms with Crippen LogP contribution in [0.4, 0.5) is 0 Å². The quantitative estimate of drug-likeness (QED) is 0.750. The van der Waals surface area contributed by atoms with E-state index in [0.29, 0.717) is 24.8 Å². The van der Waals surface area contributed by atoms with Crippen molar-refractivity contribution in [3.8, 4) is 5.75 Å². The smallest absolute Gasteiger partial charge is 0.258 e. The summed E-state index contributed by atoms with van der Waals surface area (Å²) in [6.07, 6.45) is 3.72. The second-order valence-electron chi connectivity index (χ2n) is 7.10. The first kappa shape index (κ1) is 20.7. The van der Waals surface area contributed by atoms with E-state index >= 15 is 0 Å². The van der Waals surface area contributed by atoms with Crippen LogP contribution in [0.3, 0.4) is 0 Å². The Kier molecular flexibility index (Phi) is 7.46. The van der Waals surface area contributed by atoms with E-state index in [1.807, 2.05) is 6.92 Å². The van der Waals surface area contributed by atoms with Crippen molar-refractivity contribution in [3.63, 3.8) is 0 Å². The van der Waals surface area contributed by atoms with E-state index < -0.39 is 10.0 Å². The zero-order chi connectivity index (χ0) is 19.2. The molecule has 0 aliphatic carbocycles. The summed E-state index contributed by atoms with van der Waals surface area (Å²) < 4.78 is 32.4. The highest BCUT2D eigenvalue weighted by Crippen LogP contribution is 2.24. The van der Waals surface area contributed by atoms with Crippen molar-refractivity contribution in [2.75, 3.05) is 19.7 Å². The highest BCUT2D eigenvalue weighted by Gasteiger charge is 2.27. The van der Waals surface area contributed by atoms with Gasteiger partial charge in [-0.1, -0.05) is 20.3 Å². The molecule has 26 heavy (non-hydrogen) atoms. The first-order valence-electron chi connectivity index (χ1n) is 9.35. The lowest BCUT2D eigenvalue weighted by Crippen LogP contribution is -2.37. The molecule has 1 aromatic rings. The largest absolute Gasteiger partial charge is 0.484 e. The zero-order valence-electron chi connectivity index (χ0n) is 15.9. The second-order valence-corrected chi connectivity index (χ2v) is 9.04. The number of amides is 1. The average Bonchev–Trinajstić information content (AvgIpc) is 2.61. The summed E-state index contributed by atoms with van der Waals surface area (Å²) >= 11 is 0. The van der Waals surface area contributed by atoms with Crippen molar-refractivity contribution in [1.82, 2.24) is 9.62 Å². The number of nitrogens with zero attached hydrogens (tertiary/aromatic N) is 1. The highest BCUT2D eigenvalue weighted by molar-refractivity contribution is 7.89. The number of hydrogen-bond acceptors (Lipinski definition) is 4. The van der Waals surface area contributed by atoms with Crippen LogP contribution in [0, 0.1) is 5.92 Å². The maximum absolute atomic E-state index is 12.7. The lowest BCUT2D eigenvalue weighted by Gasteiger charge is -2.29. The van der Waals surface area contributed by atoms with Crippen molar-refractivity contribution in [1.29, 1.82) is 0 Å². The van der Waals surface area contributed by atoms with Crippen LogP contribution in [0.15, 0.2) is 29.2 Å². The molecule has 1 N–H and O–H groups in total. The molecule has 7 heteroatoms. The normalized spacial score (nSPS) is 17.7. The first-order chi connectivity index (χ1) is 12.3. The molecule has 1 heterocycles. The highest BCUT2D eigenvalue weighted by atomic mass is 32.2. The number of nitrogens with one attached hydrogen (secondary N) is 1. The van der Waals surface area contributed by atoms with Crippen LogP contribution in [0.2, 0.25) is 0 Å². The van der Waals surface area contributed by atoms with Crippen LogP contribution in [0.5, 0.6) is 5.75 Å². The minimum Gasteiger partial charge on any atom is -0.484 e. The van der Waals surface area contributed by atoms with Gasteiger partial charge in [-0.3, -0.25) is 4.79 Å². The lowest BCUT2D eigenvalue weighted by molar-refractivity contribution is -0.123. The minimum absolute atomic E-state index is 0.0792. The van der Waals surface area contributed by atoms with Crippen molar-refractivity contribution in [2.24, 2.45) is 5.92 Å². The molecular weight excluding hydrogens is 352 g/mol. The van der Waals surface area contributed by atoms with Gasteiger partial charge in [0.15, 0.2) is 6.61 Å². The van der Waals surface area contributed by atoms with Crippen LogP contribution in [0.25, 0.3) is 0 Å². The van der Waals surface area contributed by atoms with Gasteiger partial charge in [-0.15, -0.1) is 0 Å². The Labute approximate surface area is 157 Å². The van der Waals surface area contributed by atoms with Gasteiger partial charge in [-0.05, 0) is 56.4 Å². The van der Waals surface area contributed by atoms with Crippen LogP contribution in [0.1, 0.15) is 46.5 Å². The van der Waals surface area contributed by atoms with Gasteiger partial charge >= 0.3 is 0 Å². The maximum atomic E-state index is 12.7. The molecule has 0 saturated carbocycles. The van der Waals surface area contributed by atoms with Gasteiger partial charge in [0, 0.05) is 19.1 Å². The molecule has 1 aliphatic rings. The second kappa shape index (κ2) is 9.37. The Morgan fingerprint density at radius 1 is 1.27 bits per heavy atom. The standard InChI is InChI=1S/C19H30N2O4S/c1-4-5-16(3)20-19(22)14-25-17-6-8-18(9-7-17)26(23,24)21-12-10-15(2)11-13-21/h6-9,15-16H,4-5,10-14H2,1-3H3,(H,20,22)/t16-/m1/s1. The van der Waals surface area contributed by atoms with Crippen LogP contribution >= 0.6 is 0 Å². The number of benzene rings is 1. The average molecular weight is 383 g/mol. The summed E-state index contributed by atoms with van der Waals surface area (Å²) in [5.41, 5.74) is 0. The molecule has 1 fully saturated rings. The molecule has 0 unspecified atom stereocenters. The topological polar surface area (TPSA) is 75.7 Å². The summed E-state index contributed by atoms with van der Waals surface area (Å²) in [5, 5.41) is 2.87. The Morgan fingerprint density at radius 3 is 2.46 bits per heavy atom. The number of piperidine rings is 1. The van der Waals surface area contributed by atoms with Gasteiger partial charge in [0.05, 0.1) is 4.90 Å². The van der Waals surface area contributed by atoms with Gasteiger partial charge in [-0.25, -0.2) is 8.42 Å². The number of rotatable bonds is 8. The van der Waals surface area contributed by atoms with E-state index in [2.05, 4.69) is 19.2 Å². The van der Waals surface area contributed by atoms with E-state index in [4.69, 9.17) is 4.74 Å². The molecule has 1 saturated heterocycles. The first-order valence-corrected chi connectivity index (χ1v) is 10.8. The predicted octanol–water partition coefficient (Wildman–Crippen LogP) is 2.79. The summed E-state index contributed by atoms with van der Waals surface area (Å²) in [4.78, 5) is 12.1. The third-order valence-electron chi connectivity index (χ3n) is 4.70. The van der Waals surface area contributed by atoms with Crippen molar-refractivity contribution in [3.05, 3.63) is 24.3 Å². The van der Waals surface area contributed by atoms with Crippen molar-refractivity contribution >= 4 is 15.9 Å². The Hall–Kier alpha value is -1.60. The Balaban J connectivity index is 1.90. The molecular formula is C19H30N2O4S. The third kappa shape index (κ3) is 5.71. The van der Waals surface area contributed by atoms with Crippen LogP contribution < -0.4 is 10.1 Å². The molecule has 2 rings (SSSR count). The molecule has 146 valence electrons. The number of sulfonamides is 1. The number of hydrogen-bond donors (Lipinski definition) is 1. The molecule has 0 radical (unpaired) electrons. The van der Waals surface area contributed by atoms with Gasteiger partial charge in [-0.2, -0.15) is 4.31 Å². The number of carbonyl (C=O) groups is 1. The van der Waals surface area contributed by atoms with E-state index in [1.165, 1.54) is 0 Å². The zero-order valence-corrected chi connectivity index (χ0v) is 16.7. The van der Waals surface area contributed by atoms with Crippen LogP contribution in [-0.4, -0.2) is 44.4 Å². The number of carbonyl (C=O) groups excluding carboxylic acids is 1. The fourth-order valence-corrected chi connectivity index (χ4v) is 4.52. The van der Waals surface area contributed by atoms with Crippen molar-refractivity contribution < 1.29 is 17.9 Å². The molecule has 0 aromatic heterocycles. The summed E-state index contributed by atoms with van der Waals surface area (Å²) in [6, 6.07) is 6.40. The fourth-order valence-electron chi connectivity index (χ4n) is 3.05. The summed E-state index contributed by atoms with van der Waals surface area (Å²) in [6.45, 7) is 7.23. The lowest BCUT2D eigenvalue weighted by atomic mass is 10.0. The maximum Gasteiger partial charge on any atom is 0.258 e. The van der Waals surface area contributed by atoms with E-state index in [0.717, 1.165) is 25.7 Å². The summed E-state index contributed by atoms with van der Waals surface area (Å²) in [5.74, 6) is 0.878. The Bertz CT molecular complexity index is 680. The molecule has 6 nitrogen and oxygen atoms in total. The molecule has 0 spiro atoms. The van der Waals surface area contributed by atoms with Gasteiger partial charge in [0.1, 0.15) is 5.75 Å². The molecule has 0 bridgehead atoms. The monoisotopic (exact) mass is 382 g/mol. The predicted molar refractivity (Wildman–Crippen MR) is 102 cm³/mol. The van der Waals surface area contributed by atoms with Crippen molar-refractivity contribution in [2.45, 2.75) is 57.4 Å². The van der Waals surface area contributed by atoms with Gasteiger partial charge < -0.3 is 10.1 Å².